The normalized spacial score (nSPS) is 18.0. The van der Waals surface area contributed by atoms with Gasteiger partial charge >= 0.3 is 0 Å². The number of fused-ring (bicyclic) bond motifs is 2. The van der Waals surface area contributed by atoms with Crippen LogP contribution in [0.2, 0.25) is 0 Å². The SMILES string of the molecule is O=C1CC(c2cccs2)=C2C(=O)NC(c3cccs3)=C12.S=C1CC(c2cccs2)=C2C(=S)NC(c3cccs3)=C12. The summed E-state index contributed by atoms with van der Waals surface area (Å²) < 4.78 is 0. The number of amides is 1. The molecule has 4 nitrogen and oxygen atoms in total. The minimum atomic E-state index is -0.155. The van der Waals surface area contributed by atoms with Gasteiger partial charge in [-0.25, -0.2) is 0 Å². The summed E-state index contributed by atoms with van der Waals surface area (Å²) in [6, 6.07) is 16.1. The van der Waals surface area contributed by atoms with Gasteiger partial charge in [0.05, 0.1) is 32.3 Å². The van der Waals surface area contributed by atoms with Crippen LogP contribution in [0.1, 0.15) is 32.4 Å². The highest BCUT2D eigenvalue weighted by Crippen LogP contribution is 2.45. The molecule has 1 amide bonds. The van der Waals surface area contributed by atoms with Crippen LogP contribution < -0.4 is 10.6 Å². The molecule has 0 bridgehead atoms. The fourth-order valence-electron chi connectivity index (χ4n) is 5.29. The summed E-state index contributed by atoms with van der Waals surface area (Å²) in [5, 5.41) is 14.3. The van der Waals surface area contributed by atoms with Crippen LogP contribution in [0, 0.1) is 0 Å². The van der Waals surface area contributed by atoms with Gasteiger partial charge in [0.2, 0.25) is 0 Å². The highest BCUT2D eigenvalue weighted by atomic mass is 32.1. The Morgan fingerprint density at radius 2 is 1.07 bits per heavy atom. The largest absolute Gasteiger partial charge is 0.344 e. The van der Waals surface area contributed by atoms with Gasteiger partial charge in [-0.1, -0.05) is 48.7 Å². The van der Waals surface area contributed by atoms with E-state index in [9.17, 15) is 9.59 Å². The van der Waals surface area contributed by atoms with Gasteiger partial charge in [-0.3, -0.25) is 9.59 Å². The third-order valence-corrected chi connectivity index (χ3v) is 11.2. The second kappa shape index (κ2) is 10.4. The van der Waals surface area contributed by atoms with Crippen LogP contribution in [0.3, 0.4) is 0 Å². The molecule has 4 aliphatic rings. The monoisotopic (exact) mass is 630 g/mol. The summed E-state index contributed by atoms with van der Waals surface area (Å²) in [5.74, 6) is -0.122. The Kier molecular flexibility index (Phi) is 6.69. The zero-order valence-electron chi connectivity index (χ0n) is 20.6. The lowest BCUT2D eigenvalue weighted by Gasteiger charge is -2.04. The number of thiocarbonyl (C=S) groups is 2. The Morgan fingerprint density at radius 3 is 1.60 bits per heavy atom. The predicted molar refractivity (Wildman–Crippen MR) is 176 cm³/mol. The third-order valence-electron chi connectivity index (χ3n) is 6.94. The second-order valence-corrected chi connectivity index (χ2v) is 13.9. The topological polar surface area (TPSA) is 58.2 Å². The quantitative estimate of drug-likeness (QED) is 0.226. The molecule has 0 spiro atoms. The molecule has 0 atom stereocenters. The number of carbonyl (C=O) groups is 2. The van der Waals surface area contributed by atoms with Crippen LogP contribution in [0.15, 0.2) is 92.3 Å². The van der Waals surface area contributed by atoms with Gasteiger partial charge in [0.15, 0.2) is 5.78 Å². The van der Waals surface area contributed by atoms with Crippen LogP contribution in [0.5, 0.6) is 0 Å². The van der Waals surface area contributed by atoms with E-state index in [2.05, 4.69) is 45.7 Å². The van der Waals surface area contributed by atoms with E-state index in [-0.39, 0.29) is 11.7 Å². The number of nitrogens with one attached hydrogen (secondary N) is 2. The number of rotatable bonds is 4. The van der Waals surface area contributed by atoms with Gasteiger partial charge in [0.1, 0.15) is 4.99 Å². The molecule has 0 radical (unpaired) electrons. The minimum absolute atomic E-state index is 0.0325. The molecule has 0 unspecified atom stereocenters. The molecule has 0 saturated carbocycles. The van der Waals surface area contributed by atoms with E-state index in [1.165, 1.54) is 26.7 Å². The van der Waals surface area contributed by atoms with Crippen molar-refractivity contribution in [2.24, 2.45) is 0 Å². The Hall–Kier alpha value is -3.12. The number of carbonyl (C=O) groups excluding carboxylic acids is 2. The molecule has 8 rings (SSSR count). The number of allylic oxidation sites excluding steroid dienone is 2. The van der Waals surface area contributed by atoms with Gasteiger partial charge in [-0.2, -0.15) is 0 Å². The van der Waals surface area contributed by atoms with E-state index in [0.29, 0.717) is 23.3 Å². The molecular weight excluding hydrogens is 613 g/mol. The van der Waals surface area contributed by atoms with Gasteiger partial charge in [-0.05, 0) is 56.9 Å². The van der Waals surface area contributed by atoms with Crippen LogP contribution in [-0.4, -0.2) is 21.5 Å². The molecule has 40 heavy (non-hydrogen) atoms. The van der Waals surface area contributed by atoms with Crippen molar-refractivity contribution in [2.75, 3.05) is 0 Å². The van der Waals surface area contributed by atoms with Crippen LogP contribution in [-0.2, 0) is 9.59 Å². The standard InChI is InChI=1S/C15H9NO2S2.C15H9NS4/c2*17-9-7-8(10-3-1-5-19-10)12-13(9)14(16-15(12)18)11-4-2-6-20-11/h2*1-6H,7H2,(H,16,18). The number of hydrogen-bond acceptors (Lipinski definition) is 8. The molecule has 0 saturated heterocycles. The van der Waals surface area contributed by atoms with E-state index < -0.39 is 0 Å². The van der Waals surface area contributed by atoms with Crippen molar-refractivity contribution in [3.05, 3.63) is 112 Å². The van der Waals surface area contributed by atoms with E-state index in [4.69, 9.17) is 24.4 Å². The molecule has 10 heteroatoms. The Labute approximate surface area is 257 Å². The summed E-state index contributed by atoms with van der Waals surface area (Å²) in [7, 11) is 0. The summed E-state index contributed by atoms with van der Waals surface area (Å²) in [5.41, 5.74) is 7.36. The van der Waals surface area contributed by atoms with Crippen molar-refractivity contribution < 1.29 is 9.59 Å². The molecule has 196 valence electrons. The average molecular weight is 631 g/mol. The predicted octanol–water partition coefficient (Wildman–Crippen LogP) is 7.76. The molecule has 0 aromatic carbocycles. The minimum Gasteiger partial charge on any atom is -0.344 e. The molecule has 6 heterocycles. The van der Waals surface area contributed by atoms with E-state index in [1.807, 2.05) is 35.0 Å². The maximum Gasteiger partial charge on any atom is 0.256 e. The van der Waals surface area contributed by atoms with Crippen molar-refractivity contribution in [1.29, 1.82) is 0 Å². The van der Waals surface area contributed by atoms with Gasteiger partial charge in [-0.15, -0.1) is 45.3 Å². The van der Waals surface area contributed by atoms with E-state index >= 15 is 0 Å². The summed E-state index contributed by atoms with van der Waals surface area (Å²) >= 11 is 17.7. The fraction of sp³-hybridized carbons (Fsp3) is 0.0667. The molecule has 4 aromatic heterocycles. The van der Waals surface area contributed by atoms with Gasteiger partial charge < -0.3 is 10.6 Å². The first kappa shape index (κ1) is 25.8. The number of hydrogen-bond donors (Lipinski definition) is 2. The lowest BCUT2D eigenvalue weighted by Crippen LogP contribution is -2.16. The maximum atomic E-state index is 12.3. The van der Waals surface area contributed by atoms with Crippen LogP contribution >= 0.6 is 69.8 Å². The van der Waals surface area contributed by atoms with E-state index in [1.54, 1.807) is 34.0 Å². The highest BCUT2D eigenvalue weighted by molar-refractivity contribution is 7.81. The maximum absolute atomic E-state index is 12.3. The fourth-order valence-corrected chi connectivity index (χ4v) is 8.99. The Bertz CT molecular complexity index is 1560. The zero-order valence-corrected chi connectivity index (χ0v) is 25.5. The molecule has 4 aromatic rings. The lowest BCUT2D eigenvalue weighted by molar-refractivity contribution is -0.116. The molecule has 2 aliphatic carbocycles. The second-order valence-electron chi connectivity index (χ2n) is 9.22. The van der Waals surface area contributed by atoms with Crippen LogP contribution in [0.4, 0.5) is 0 Å². The molecule has 2 N–H and O–H groups in total. The van der Waals surface area contributed by atoms with Crippen molar-refractivity contribution in [2.45, 2.75) is 12.8 Å². The summed E-state index contributed by atoms with van der Waals surface area (Å²) in [4.78, 5) is 30.8. The molecule has 2 aliphatic heterocycles. The van der Waals surface area contributed by atoms with Gasteiger partial charge in [0.25, 0.3) is 5.91 Å². The molecule has 0 fully saturated rings. The first-order valence-electron chi connectivity index (χ1n) is 12.3. The van der Waals surface area contributed by atoms with E-state index in [0.717, 1.165) is 48.4 Å². The lowest BCUT2D eigenvalue weighted by atomic mass is 10.1. The summed E-state index contributed by atoms with van der Waals surface area (Å²) in [6.07, 6.45) is 1.16. The number of ketones is 1. The number of Topliss-reactive ketones (excluding diaryl/α,β-unsaturated/α-hetero) is 1. The number of thiophene rings is 4. The summed E-state index contributed by atoms with van der Waals surface area (Å²) in [6.45, 7) is 0. The first-order chi connectivity index (χ1) is 19.5. The van der Waals surface area contributed by atoms with Crippen molar-refractivity contribution >= 4 is 114 Å². The van der Waals surface area contributed by atoms with Gasteiger partial charge in [0, 0.05) is 38.6 Å². The van der Waals surface area contributed by atoms with Crippen LogP contribution in [0.25, 0.3) is 22.5 Å². The van der Waals surface area contributed by atoms with Crippen molar-refractivity contribution in [3.8, 4) is 0 Å². The third kappa shape index (κ3) is 4.27. The Morgan fingerprint density at radius 1 is 0.575 bits per heavy atom. The zero-order chi connectivity index (χ0) is 27.4. The highest BCUT2D eigenvalue weighted by Gasteiger charge is 2.41. The first-order valence-corrected chi connectivity index (χ1v) is 16.6. The smallest absolute Gasteiger partial charge is 0.256 e. The Balaban J connectivity index is 0.000000132. The van der Waals surface area contributed by atoms with Crippen molar-refractivity contribution in [1.82, 2.24) is 10.6 Å². The van der Waals surface area contributed by atoms with Crippen molar-refractivity contribution in [3.63, 3.8) is 0 Å². The molecular formula is C30H18N2O2S6. The average Bonchev–Trinajstić information content (AvgIpc) is 3.80.